The second-order valence-corrected chi connectivity index (χ2v) is 15.2. The largest absolute Gasteiger partial charge is 0.309 e. The third-order valence-electron chi connectivity index (χ3n) is 11.3. The molecule has 0 saturated heterocycles. The molecule has 0 radical (unpaired) electrons. The van der Waals surface area contributed by atoms with Crippen LogP contribution < -0.4 is 0 Å². The molecule has 1 aliphatic carbocycles. The summed E-state index contributed by atoms with van der Waals surface area (Å²) >= 11 is 1.87. The van der Waals surface area contributed by atoms with Crippen LogP contribution in [0.25, 0.3) is 97.4 Å². The zero-order chi connectivity index (χ0) is 33.9. The van der Waals surface area contributed by atoms with E-state index in [0.29, 0.717) is 0 Å². The first-order chi connectivity index (χ1) is 25.8. The molecule has 0 saturated carbocycles. The number of hydrogen-bond acceptors (Lipinski definition) is 1. The van der Waals surface area contributed by atoms with E-state index in [1.165, 1.54) is 109 Å². The van der Waals surface area contributed by atoms with Crippen LogP contribution in [0.3, 0.4) is 0 Å². The molecular formula is C49H30N2S. The fraction of sp³-hybridized carbons (Fsp3) is 0.0204. The summed E-state index contributed by atoms with van der Waals surface area (Å²) in [6, 6.07) is 63.2. The SMILES string of the molecule is c1ccc2c(c1)Cc1cccc(-n3c4ccccc4c4cc(-c5ccc6c(c5)c5ccccc5n6-c5ccc6sc7ccccc7c6c5)ccc43)c1-2. The molecule has 0 unspecified atom stereocenters. The van der Waals surface area contributed by atoms with Gasteiger partial charge >= 0.3 is 0 Å². The van der Waals surface area contributed by atoms with Crippen LogP contribution in [0, 0.1) is 0 Å². The molecule has 0 fully saturated rings. The van der Waals surface area contributed by atoms with Gasteiger partial charge in [0.25, 0.3) is 0 Å². The molecule has 11 aromatic rings. The third-order valence-corrected chi connectivity index (χ3v) is 12.5. The van der Waals surface area contributed by atoms with Crippen LogP contribution in [-0.4, -0.2) is 9.13 Å². The van der Waals surface area contributed by atoms with Gasteiger partial charge in [-0.15, -0.1) is 11.3 Å². The van der Waals surface area contributed by atoms with Crippen molar-refractivity contribution >= 4 is 75.1 Å². The Balaban J connectivity index is 1.04. The molecule has 0 amide bonds. The van der Waals surface area contributed by atoms with Crippen molar-refractivity contribution in [2.24, 2.45) is 0 Å². The molecule has 3 heterocycles. The Morgan fingerprint density at radius 2 is 0.981 bits per heavy atom. The summed E-state index contributed by atoms with van der Waals surface area (Å²) in [7, 11) is 0. The minimum atomic E-state index is 0.985. The minimum Gasteiger partial charge on any atom is -0.309 e. The number of nitrogens with zero attached hydrogens (tertiary/aromatic N) is 2. The highest BCUT2D eigenvalue weighted by Gasteiger charge is 2.24. The lowest BCUT2D eigenvalue weighted by Crippen LogP contribution is -1.97. The standard InChI is InChI=1S/C49H30N2S/c1-2-12-35-32(10-1)26-33-11-9-18-46(49(33)35)51-43-17-7-4-14-37(43)40-28-31(21-24-45(40)51)30-20-23-44-39(27-30)36-13-3-6-16-42(36)50(44)34-22-25-48-41(29-34)38-15-5-8-19-47(38)52-48/h1-25,27-29H,26H2. The van der Waals surface area contributed by atoms with E-state index in [1.807, 2.05) is 11.3 Å². The van der Waals surface area contributed by atoms with Crippen molar-refractivity contribution in [1.82, 2.24) is 9.13 Å². The number of rotatable bonds is 3. The molecule has 0 N–H and O–H groups in total. The lowest BCUT2D eigenvalue weighted by Gasteiger charge is -2.14. The Morgan fingerprint density at radius 1 is 0.385 bits per heavy atom. The smallest absolute Gasteiger partial charge is 0.0543 e. The molecule has 0 bridgehead atoms. The van der Waals surface area contributed by atoms with E-state index >= 15 is 0 Å². The maximum atomic E-state index is 2.49. The summed E-state index contributed by atoms with van der Waals surface area (Å²) in [6.45, 7) is 0. The summed E-state index contributed by atoms with van der Waals surface area (Å²) in [6.07, 6.45) is 0.985. The van der Waals surface area contributed by atoms with E-state index < -0.39 is 0 Å². The monoisotopic (exact) mass is 678 g/mol. The van der Waals surface area contributed by atoms with Gasteiger partial charge in [0.05, 0.1) is 27.8 Å². The van der Waals surface area contributed by atoms with Crippen molar-refractivity contribution < 1.29 is 0 Å². The normalized spacial score (nSPS) is 12.5. The Kier molecular flexibility index (Phi) is 5.74. The van der Waals surface area contributed by atoms with Crippen LogP contribution >= 0.6 is 11.3 Å². The highest BCUT2D eigenvalue weighted by atomic mass is 32.1. The number of fused-ring (bicyclic) bond motifs is 12. The molecule has 3 heteroatoms. The summed E-state index contributed by atoms with van der Waals surface area (Å²) < 4.78 is 7.58. The average molecular weight is 679 g/mol. The molecule has 0 atom stereocenters. The molecule has 3 aromatic heterocycles. The van der Waals surface area contributed by atoms with Crippen molar-refractivity contribution in [2.75, 3.05) is 0 Å². The average Bonchev–Trinajstić information content (AvgIpc) is 3.95. The Morgan fingerprint density at radius 3 is 1.77 bits per heavy atom. The van der Waals surface area contributed by atoms with Crippen molar-refractivity contribution in [3.8, 4) is 33.6 Å². The summed E-state index contributed by atoms with van der Waals surface area (Å²) in [5.41, 5.74) is 15.3. The number of para-hydroxylation sites is 2. The zero-order valence-corrected chi connectivity index (χ0v) is 29.0. The lowest BCUT2D eigenvalue weighted by molar-refractivity contribution is 1.17. The molecule has 2 nitrogen and oxygen atoms in total. The molecule has 8 aromatic carbocycles. The van der Waals surface area contributed by atoms with Crippen LogP contribution in [0.2, 0.25) is 0 Å². The zero-order valence-electron chi connectivity index (χ0n) is 28.2. The van der Waals surface area contributed by atoms with Gasteiger partial charge in [-0.3, -0.25) is 0 Å². The first-order valence-corrected chi connectivity index (χ1v) is 18.8. The van der Waals surface area contributed by atoms with Crippen molar-refractivity contribution in [3.05, 3.63) is 181 Å². The van der Waals surface area contributed by atoms with Crippen LogP contribution in [0.4, 0.5) is 0 Å². The second kappa shape index (κ2) is 10.6. The maximum Gasteiger partial charge on any atom is 0.0543 e. The van der Waals surface area contributed by atoms with Crippen LogP contribution in [0.5, 0.6) is 0 Å². The van der Waals surface area contributed by atoms with Gasteiger partial charge in [-0.05, 0) is 101 Å². The predicted molar refractivity (Wildman–Crippen MR) is 222 cm³/mol. The first-order valence-electron chi connectivity index (χ1n) is 18.0. The molecule has 1 aliphatic rings. The van der Waals surface area contributed by atoms with E-state index in [0.717, 1.165) is 6.42 Å². The highest BCUT2D eigenvalue weighted by molar-refractivity contribution is 7.25. The molecule has 242 valence electrons. The first kappa shape index (κ1) is 28.3. The van der Waals surface area contributed by atoms with Crippen molar-refractivity contribution in [1.29, 1.82) is 0 Å². The minimum absolute atomic E-state index is 0.985. The van der Waals surface area contributed by atoms with Gasteiger partial charge in [-0.25, -0.2) is 0 Å². The summed E-state index contributed by atoms with van der Waals surface area (Å²) in [5, 5.41) is 7.73. The molecule has 12 rings (SSSR count). The maximum absolute atomic E-state index is 2.49. The van der Waals surface area contributed by atoms with Crippen molar-refractivity contribution in [3.63, 3.8) is 0 Å². The van der Waals surface area contributed by atoms with E-state index in [-0.39, 0.29) is 0 Å². The van der Waals surface area contributed by atoms with E-state index in [2.05, 4.69) is 179 Å². The highest BCUT2D eigenvalue weighted by Crippen LogP contribution is 2.44. The number of hydrogen-bond donors (Lipinski definition) is 0. The Hall–Kier alpha value is -6.42. The van der Waals surface area contributed by atoms with Crippen LogP contribution in [-0.2, 0) is 6.42 Å². The molecule has 0 spiro atoms. The van der Waals surface area contributed by atoms with Crippen LogP contribution in [0.1, 0.15) is 11.1 Å². The molecule has 0 aliphatic heterocycles. The van der Waals surface area contributed by atoms with Gasteiger partial charge in [0, 0.05) is 53.0 Å². The number of thiophene rings is 1. The lowest BCUT2D eigenvalue weighted by atomic mass is 10.0. The van der Waals surface area contributed by atoms with Crippen molar-refractivity contribution in [2.45, 2.75) is 6.42 Å². The van der Waals surface area contributed by atoms with E-state index in [4.69, 9.17) is 0 Å². The summed E-state index contributed by atoms with van der Waals surface area (Å²) in [4.78, 5) is 0. The van der Waals surface area contributed by atoms with Gasteiger partial charge in [-0.2, -0.15) is 0 Å². The fourth-order valence-corrected chi connectivity index (χ4v) is 10.1. The van der Waals surface area contributed by atoms with E-state index in [1.54, 1.807) is 0 Å². The van der Waals surface area contributed by atoms with Gasteiger partial charge in [-0.1, -0.05) is 103 Å². The van der Waals surface area contributed by atoms with Gasteiger partial charge < -0.3 is 9.13 Å². The number of benzene rings is 8. The van der Waals surface area contributed by atoms with Crippen LogP contribution in [0.15, 0.2) is 170 Å². The second-order valence-electron chi connectivity index (χ2n) is 14.1. The predicted octanol–water partition coefficient (Wildman–Crippen LogP) is 13.5. The molecule has 52 heavy (non-hydrogen) atoms. The number of aromatic nitrogens is 2. The Labute approximate surface area is 304 Å². The summed E-state index contributed by atoms with van der Waals surface area (Å²) in [5.74, 6) is 0. The fourth-order valence-electron chi connectivity index (χ4n) is 9.05. The van der Waals surface area contributed by atoms with Gasteiger partial charge in [0.15, 0.2) is 0 Å². The Bertz CT molecular complexity index is 3280. The van der Waals surface area contributed by atoms with Gasteiger partial charge in [0.2, 0.25) is 0 Å². The quantitative estimate of drug-likeness (QED) is 0.176. The van der Waals surface area contributed by atoms with E-state index in [9.17, 15) is 0 Å². The van der Waals surface area contributed by atoms with Gasteiger partial charge in [0.1, 0.15) is 0 Å². The third kappa shape index (κ3) is 3.89. The topological polar surface area (TPSA) is 9.86 Å². The molecular weight excluding hydrogens is 649 g/mol.